The average Bonchev–Trinajstić information content (AvgIpc) is 3.11. The summed E-state index contributed by atoms with van der Waals surface area (Å²) in [7, 11) is 1.56. The number of carbonyl (C=O) groups is 3. The fourth-order valence-electron chi connectivity index (χ4n) is 3.00. The first-order valence-corrected chi connectivity index (χ1v) is 8.55. The van der Waals surface area contributed by atoms with Crippen LogP contribution in [0.25, 0.3) is 0 Å². The van der Waals surface area contributed by atoms with Gasteiger partial charge in [0.05, 0.1) is 13.7 Å². The van der Waals surface area contributed by atoms with Gasteiger partial charge in [-0.3, -0.25) is 4.79 Å². The first-order valence-electron chi connectivity index (χ1n) is 8.55. The number of benzene rings is 1. The first-order chi connectivity index (χ1) is 12.5. The van der Waals surface area contributed by atoms with E-state index in [0.29, 0.717) is 25.1 Å². The van der Waals surface area contributed by atoms with E-state index in [9.17, 15) is 19.5 Å². The largest absolute Gasteiger partial charge is 0.497 e. The number of nitrogens with one attached hydrogen (secondary N) is 1. The number of hydrogen-bond acceptors (Lipinski definition) is 5. The van der Waals surface area contributed by atoms with Crippen molar-refractivity contribution in [3.8, 4) is 5.75 Å². The van der Waals surface area contributed by atoms with Crippen molar-refractivity contribution in [2.45, 2.75) is 38.3 Å². The third kappa shape index (κ3) is 4.87. The molecule has 0 saturated carbocycles. The summed E-state index contributed by atoms with van der Waals surface area (Å²) >= 11 is 0. The van der Waals surface area contributed by atoms with Gasteiger partial charge in [-0.2, -0.15) is 0 Å². The molecule has 1 fully saturated rings. The first kappa shape index (κ1) is 19.6. The summed E-state index contributed by atoms with van der Waals surface area (Å²) in [6.45, 7) is 2.21. The van der Waals surface area contributed by atoms with Gasteiger partial charge >= 0.3 is 12.1 Å². The van der Waals surface area contributed by atoms with Crippen LogP contribution in [0.15, 0.2) is 24.3 Å². The highest BCUT2D eigenvalue weighted by Crippen LogP contribution is 2.20. The maximum absolute atomic E-state index is 12.9. The van der Waals surface area contributed by atoms with Gasteiger partial charge in [0, 0.05) is 13.0 Å². The number of alkyl carbamates (subject to hydrolysis) is 1. The van der Waals surface area contributed by atoms with Crippen molar-refractivity contribution in [2.75, 3.05) is 20.3 Å². The van der Waals surface area contributed by atoms with E-state index in [0.717, 1.165) is 5.56 Å². The summed E-state index contributed by atoms with van der Waals surface area (Å²) in [5, 5.41) is 11.9. The molecule has 26 heavy (non-hydrogen) atoms. The zero-order valence-electron chi connectivity index (χ0n) is 14.9. The molecule has 1 aliphatic rings. The fourth-order valence-corrected chi connectivity index (χ4v) is 3.00. The molecule has 1 aliphatic heterocycles. The molecule has 0 aliphatic carbocycles. The van der Waals surface area contributed by atoms with Gasteiger partial charge in [-0.25, -0.2) is 9.59 Å². The number of hydrogen-bond donors (Lipinski definition) is 2. The molecule has 1 aromatic rings. The lowest BCUT2D eigenvalue weighted by atomic mass is 10.0. The van der Waals surface area contributed by atoms with E-state index in [4.69, 9.17) is 9.47 Å². The van der Waals surface area contributed by atoms with E-state index in [1.54, 1.807) is 38.3 Å². The molecule has 142 valence electrons. The molecule has 2 rings (SSSR count). The van der Waals surface area contributed by atoms with Crippen molar-refractivity contribution in [1.29, 1.82) is 0 Å². The van der Waals surface area contributed by atoms with E-state index < -0.39 is 30.1 Å². The minimum absolute atomic E-state index is 0.177. The van der Waals surface area contributed by atoms with Crippen LogP contribution in [-0.4, -0.2) is 60.3 Å². The standard InChI is InChI=1S/C18H24N2O6/c1-3-26-18(24)19-14(11-12-6-8-13(25-2)9-7-12)16(21)20-10-4-5-15(20)17(22)23/h6-9,14-15H,3-5,10-11H2,1-2H3,(H,19,24)(H,22,23)/t14-,15?/m1/s1. The molecular formula is C18H24N2O6. The Hall–Kier alpha value is -2.77. The number of ether oxygens (including phenoxy) is 2. The number of carboxylic acids is 1. The van der Waals surface area contributed by atoms with Gasteiger partial charge < -0.3 is 24.8 Å². The molecule has 2 N–H and O–H groups in total. The molecule has 0 radical (unpaired) electrons. The lowest BCUT2D eigenvalue weighted by Gasteiger charge is -2.27. The Labute approximate surface area is 152 Å². The van der Waals surface area contributed by atoms with Crippen molar-refractivity contribution in [3.05, 3.63) is 29.8 Å². The minimum atomic E-state index is -1.03. The lowest BCUT2D eigenvalue weighted by Crippen LogP contribution is -2.52. The summed E-state index contributed by atoms with van der Waals surface area (Å²) in [6, 6.07) is 5.36. The van der Waals surface area contributed by atoms with Gasteiger partial charge in [0.25, 0.3) is 0 Å². The summed E-state index contributed by atoms with van der Waals surface area (Å²) in [5.74, 6) is -0.769. The van der Waals surface area contributed by atoms with Gasteiger partial charge in [0.1, 0.15) is 17.8 Å². The molecule has 1 heterocycles. The topological polar surface area (TPSA) is 105 Å². The monoisotopic (exact) mass is 364 g/mol. The van der Waals surface area contributed by atoms with E-state index in [1.807, 2.05) is 0 Å². The van der Waals surface area contributed by atoms with E-state index in [2.05, 4.69) is 5.32 Å². The molecule has 0 spiro atoms. The third-order valence-electron chi connectivity index (χ3n) is 4.29. The zero-order chi connectivity index (χ0) is 19.1. The molecule has 0 aromatic heterocycles. The molecule has 2 amide bonds. The van der Waals surface area contributed by atoms with Crippen molar-refractivity contribution in [1.82, 2.24) is 10.2 Å². The van der Waals surface area contributed by atoms with Crippen LogP contribution in [0.4, 0.5) is 4.79 Å². The number of aliphatic carboxylic acids is 1. The normalized spacial score (nSPS) is 17.5. The lowest BCUT2D eigenvalue weighted by molar-refractivity contribution is -0.148. The highest BCUT2D eigenvalue weighted by molar-refractivity contribution is 5.90. The van der Waals surface area contributed by atoms with E-state index in [1.165, 1.54) is 4.90 Å². The van der Waals surface area contributed by atoms with E-state index >= 15 is 0 Å². The Bertz CT molecular complexity index is 646. The van der Waals surface area contributed by atoms with Crippen LogP contribution in [0.2, 0.25) is 0 Å². The summed E-state index contributed by atoms with van der Waals surface area (Å²) in [5.41, 5.74) is 0.812. The minimum Gasteiger partial charge on any atom is -0.497 e. The quantitative estimate of drug-likeness (QED) is 0.758. The van der Waals surface area contributed by atoms with Crippen LogP contribution >= 0.6 is 0 Å². The Morgan fingerprint density at radius 3 is 2.58 bits per heavy atom. The van der Waals surface area contributed by atoms with Crippen LogP contribution in [-0.2, 0) is 20.7 Å². The number of rotatable bonds is 7. The molecule has 8 heteroatoms. The molecule has 0 bridgehead atoms. The second kappa shape index (κ2) is 9.07. The van der Waals surface area contributed by atoms with Crippen LogP contribution in [0.5, 0.6) is 5.75 Å². The van der Waals surface area contributed by atoms with Crippen molar-refractivity contribution < 1.29 is 29.0 Å². The fraction of sp³-hybridized carbons (Fsp3) is 0.500. The summed E-state index contributed by atoms with van der Waals surface area (Å²) < 4.78 is 9.99. The van der Waals surface area contributed by atoms with Crippen LogP contribution < -0.4 is 10.1 Å². The molecule has 1 aromatic carbocycles. The Balaban J connectivity index is 2.17. The predicted octanol–water partition coefficient (Wildman–Crippen LogP) is 1.43. The second-order valence-corrected chi connectivity index (χ2v) is 6.00. The van der Waals surface area contributed by atoms with Crippen LogP contribution in [0, 0.1) is 0 Å². The molecule has 2 atom stereocenters. The Morgan fingerprint density at radius 1 is 1.31 bits per heavy atom. The van der Waals surface area contributed by atoms with Crippen LogP contribution in [0.1, 0.15) is 25.3 Å². The second-order valence-electron chi connectivity index (χ2n) is 6.00. The molecule has 1 saturated heterocycles. The van der Waals surface area contributed by atoms with Crippen molar-refractivity contribution in [2.24, 2.45) is 0 Å². The number of amides is 2. The maximum atomic E-state index is 12.9. The Morgan fingerprint density at radius 2 is 2.00 bits per heavy atom. The highest BCUT2D eigenvalue weighted by atomic mass is 16.5. The summed E-state index contributed by atoms with van der Waals surface area (Å²) in [4.78, 5) is 37.4. The predicted molar refractivity (Wildman–Crippen MR) is 93.0 cm³/mol. The smallest absolute Gasteiger partial charge is 0.407 e. The van der Waals surface area contributed by atoms with Gasteiger partial charge in [-0.15, -0.1) is 0 Å². The number of likely N-dealkylation sites (tertiary alicyclic amines) is 1. The average molecular weight is 364 g/mol. The number of nitrogens with zero attached hydrogens (tertiary/aromatic N) is 1. The number of carbonyl (C=O) groups excluding carboxylic acids is 2. The number of methoxy groups -OCH3 is 1. The van der Waals surface area contributed by atoms with Gasteiger partial charge in [-0.1, -0.05) is 12.1 Å². The van der Waals surface area contributed by atoms with E-state index in [-0.39, 0.29) is 13.0 Å². The zero-order valence-corrected chi connectivity index (χ0v) is 14.9. The van der Waals surface area contributed by atoms with Gasteiger partial charge in [0.15, 0.2) is 0 Å². The van der Waals surface area contributed by atoms with Crippen LogP contribution in [0.3, 0.4) is 0 Å². The third-order valence-corrected chi connectivity index (χ3v) is 4.29. The molecule has 8 nitrogen and oxygen atoms in total. The maximum Gasteiger partial charge on any atom is 0.407 e. The van der Waals surface area contributed by atoms with Crippen molar-refractivity contribution >= 4 is 18.0 Å². The SMILES string of the molecule is CCOC(=O)N[C@H](Cc1ccc(OC)cc1)C(=O)N1CCCC1C(=O)O. The number of carboxylic acid groups (broad SMARTS) is 1. The summed E-state index contributed by atoms with van der Waals surface area (Å²) in [6.07, 6.45) is 0.558. The highest BCUT2D eigenvalue weighted by Gasteiger charge is 2.37. The van der Waals surface area contributed by atoms with Crippen molar-refractivity contribution in [3.63, 3.8) is 0 Å². The molecule has 1 unspecified atom stereocenters. The molecular weight excluding hydrogens is 340 g/mol. The van der Waals surface area contributed by atoms with Gasteiger partial charge in [-0.05, 0) is 37.5 Å². The van der Waals surface area contributed by atoms with Gasteiger partial charge in [0.2, 0.25) is 5.91 Å². The Kier molecular flexibility index (Phi) is 6.82.